The maximum Gasteiger partial charge on any atom is 0.253 e. The van der Waals surface area contributed by atoms with E-state index in [0.717, 1.165) is 11.1 Å². The van der Waals surface area contributed by atoms with Crippen molar-refractivity contribution in [2.45, 2.75) is 103 Å². The zero-order valence-electron chi connectivity index (χ0n) is 30.2. The molecule has 8 nitrogen and oxygen atoms in total. The van der Waals surface area contributed by atoms with Gasteiger partial charge in [-0.05, 0) is 98.9 Å². The van der Waals surface area contributed by atoms with Crippen molar-refractivity contribution in [3.63, 3.8) is 0 Å². The van der Waals surface area contributed by atoms with E-state index in [1.54, 1.807) is 48.5 Å². The number of nitrogens with one attached hydrogen (secondary N) is 2. The molecular weight excluding hydrogens is 662 g/mol. The fourth-order valence-corrected chi connectivity index (χ4v) is 6.85. The molecule has 4 aromatic rings. The highest BCUT2D eigenvalue weighted by atomic mass is 19.1. The van der Waals surface area contributed by atoms with Crippen molar-refractivity contribution in [3.05, 3.63) is 119 Å². The van der Waals surface area contributed by atoms with Crippen molar-refractivity contribution in [2.75, 3.05) is 0 Å². The molecule has 0 radical (unpaired) electrons. The summed E-state index contributed by atoms with van der Waals surface area (Å²) < 4.78 is 37.4. The third-order valence-electron chi connectivity index (χ3n) is 9.98. The summed E-state index contributed by atoms with van der Waals surface area (Å²) in [6, 6.07) is 19.6. The second-order valence-electron chi connectivity index (χ2n) is 13.9. The number of ether oxygens (including phenoxy) is 2. The summed E-state index contributed by atoms with van der Waals surface area (Å²) in [5.41, 5.74) is 2.50. The molecule has 2 aromatic carbocycles. The number of carbonyl (C=O) groups excluding carboxylic acids is 2. The molecule has 2 aliphatic rings. The van der Waals surface area contributed by atoms with Crippen LogP contribution in [-0.4, -0.2) is 33.9 Å². The van der Waals surface area contributed by atoms with E-state index >= 15 is 0 Å². The van der Waals surface area contributed by atoms with Crippen LogP contribution in [-0.2, 0) is 13.2 Å². The minimum absolute atomic E-state index is 0.104. The predicted octanol–water partition coefficient (Wildman–Crippen LogP) is 9.00. The molecule has 2 heterocycles. The number of benzene rings is 2. The summed E-state index contributed by atoms with van der Waals surface area (Å²) >= 11 is 0. The van der Waals surface area contributed by atoms with Crippen LogP contribution in [0.1, 0.15) is 110 Å². The molecule has 0 spiro atoms. The second-order valence-corrected chi connectivity index (χ2v) is 13.9. The smallest absolute Gasteiger partial charge is 0.253 e. The SMILES string of the molecule is C[C@@H](NC(=O)c1ccc(OCc2cccc(F)c2)nc1)C1CCCCC1.C[C@H](NC(=O)c1ccc(OCc2cccc(F)c2)nc1)C1CCCCC1. The first-order chi connectivity index (χ1) is 25.2. The summed E-state index contributed by atoms with van der Waals surface area (Å²) in [7, 11) is 0. The molecule has 2 atom stereocenters. The first-order valence-corrected chi connectivity index (χ1v) is 18.5. The van der Waals surface area contributed by atoms with Crippen molar-refractivity contribution in [1.82, 2.24) is 20.6 Å². The lowest BCUT2D eigenvalue weighted by Crippen LogP contribution is -2.38. The van der Waals surface area contributed by atoms with Gasteiger partial charge >= 0.3 is 0 Å². The number of rotatable bonds is 12. The quantitative estimate of drug-likeness (QED) is 0.152. The molecule has 2 aromatic heterocycles. The van der Waals surface area contributed by atoms with Gasteiger partial charge in [-0.2, -0.15) is 0 Å². The van der Waals surface area contributed by atoms with Crippen LogP contribution in [0.4, 0.5) is 8.78 Å². The lowest BCUT2D eigenvalue weighted by atomic mass is 9.84. The minimum atomic E-state index is -0.293. The van der Waals surface area contributed by atoms with E-state index in [4.69, 9.17) is 9.47 Å². The predicted molar refractivity (Wildman–Crippen MR) is 197 cm³/mol. The molecule has 0 saturated heterocycles. The highest BCUT2D eigenvalue weighted by Gasteiger charge is 2.23. The van der Waals surface area contributed by atoms with Crippen LogP contribution in [0.3, 0.4) is 0 Å². The molecule has 2 fully saturated rings. The Hall–Kier alpha value is -4.86. The minimum Gasteiger partial charge on any atom is -0.473 e. The lowest BCUT2D eigenvalue weighted by molar-refractivity contribution is 0.0910. The van der Waals surface area contributed by atoms with Crippen molar-refractivity contribution in [2.24, 2.45) is 11.8 Å². The summed E-state index contributed by atoms with van der Waals surface area (Å²) in [5.74, 6) is 1.15. The van der Waals surface area contributed by atoms with E-state index in [9.17, 15) is 18.4 Å². The maximum absolute atomic E-state index is 13.2. The van der Waals surface area contributed by atoms with Gasteiger partial charge < -0.3 is 20.1 Å². The Morgan fingerprint density at radius 1 is 0.635 bits per heavy atom. The monoisotopic (exact) mass is 712 g/mol. The number of hydrogen-bond donors (Lipinski definition) is 2. The van der Waals surface area contributed by atoms with E-state index in [1.807, 2.05) is 0 Å². The molecule has 2 saturated carbocycles. The van der Waals surface area contributed by atoms with E-state index in [-0.39, 0.29) is 48.7 Å². The average Bonchev–Trinajstić information content (AvgIpc) is 3.17. The largest absolute Gasteiger partial charge is 0.473 e. The molecule has 0 aliphatic heterocycles. The maximum atomic E-state index is 13.2. The van der Waals surface area contributed by atoms with Gasteiger partial charge in [0.25, 0.3) is 11.8 Å². The van der Waals surface area contributed by atoms with Crippen molar-refractivity contribution in [1.29, 1.82) is 0 Å². The Kier molecular flexibility index (Phi) is 14.5. The third-order valence-corrected chi connectivity index (χ3v) is 9.98. The Balaban J connectivity index is 0.000000201. The van der Waals surface area contributed by atoms with Gasteiger partial charge in [-0.1, -0.05) is 62.8 Å². The molecule has 0 bridgehead atoms. The third kappa shape index (κ3) is 12.1. The summed E-state index contributed by atoms with van der Waals surface area (Å²) in [6.45, 7) is 4.62. The standard InChI is InChI=1S/2C21H25FN2O2/c2*1-15(17-7-3-2-4-8-17)24-21(25)18-10-11-20(23-13-18)26-14-16-6-5-9-19(22)12-16/h2*5-6,9-13,15,17H,2-4,7-8,14H2,1H3,(H,24,25)/t2*15-/m10/s1. The number of pyridine rings is 2. The fraction of sp³-hybridized carbons (Fsp3) is 0.429. The number of hydrogen-bond acceptors (Lipinski definition) is 6. The van der Waals surface area contributed by atoms with Gasteiger partial charge in [-0.15, -0.1) is 0 Å². The normalized spacial score (nSPS) is 16.1. The zero-order chi connectivity index (χ0) is 36.7. The molecule has 2 aliphatic carbocycles. The van der Waals surface area contributed by atoms with Crippen LogP contribution in [0, 0.1) is 23.5 Å². The number of nitrogens with zero attached hydrogens (tertiary/aromatic N) is 2. The Labute approximate surface area is 305 Å². The first-order valence-electron chi connectivity index (χ1n) is 18.5. The molecule has 52 heavy (non-hydrogen) atoms. The van der Waals surface area contributed by atoms with Crippen LogP contribution < -0.4 is 20.1 Å². The molecule has 6 rings (SSSR count). The number of amides is 2. The average molecular weight is 713 g/mol. The van der Waals surface area contributed by atoms with Crippen molar-refractivity contribution < 1.29 is 27.8 Å². The van der Waals surface area contributed by atoms with Gasteiger partial charge in [0.15, 0.2) is 0 Å². The van der Waals surface area contributed by atoms with E-state index in [1.165, 1.54) is 101 Å². The van der Waals surface area contributed by atoms with Gasteiger partial charge in [-0.3, -0.25) is 9.59 Å². The van der Waals surface area contributed by atoms with Gasteiger partial charge in [-0.25, -0.2) is 18.7 Å². The van der Waals surface area contributed by atoms with Crippen molar-refractivity contribution >= 4 is 11.8 Å². The Morgan fingerprint density at radius 3 is 1.38 bits per heavy atom. The zero-order valence-corrected chi connectivity index (χ0v) is 30.2. The van der Waals surface area contributed by atoms with Crippen LogP contribution >= 0.6 is 0 Å². The van der Waals surface area contributed by atoms with Gasteiger partial charge in [0.1, 0.15) is 24.8 Å². The number of aromatic nitrogens is 2. The molecule has 2 amide bonds. The van der Waals surface area contributed by atoms with Gasteiger partial charge in [0, 0.05) is 36.6 Å². The van der Waals surface area contributed by atoms with Crippen LogP contribution in [0.2, 0.25) is 0 Å². The van der Waals surface area contributed by atoms with Crippen LogP contribution in [0.25, 0.3) is 0 Å². The number of carbonyl (C=O) groups is 2. The van der Waals surface area contributed by atoms with Crippen molar-refractivity contribution in [3.8, 4) is 11.8 Å². The molecule has 2 N–H and O–H groups in total. The van der Waals surface area contributed by atoms with E-state index in [0.29, 0.717) is 34.7 Å². The topological polar surface area (TPSA) is 102 Å². The molecular formula is C42H50F2N4O4. The first kappa shape index (κ1) is 38.4. The second kappa shape index (κ2) is 19.7. The number of halogens is 2. The highest BCUT2D eigenvalue weighted by Crippen LogP contribution is 2.27. The van der Waals surface area contributed by atoms with Crippen LogP contribution in [0.5, 0.6) is 11.8 Å². The fourth-order valence-electron chi connectivity index (χ4n) is 6.85. The lowest BCUT2D eigenvalue weighted by Gasteiger charge is -2.28. The molecule has 10 heteroatoms. The summed E-state index contributed by atoms with van der Waals surface area (Å²) in [5, 5.41) is 6.18. The van der Waals surface area contributed by atoms with Crippen LogP contribution in [0.15, 0.2) is 85.2 Å². The Bertz CT molecular complexity index is 1580. The molecule has 0 unspecified atom stereocenters. The van der Waals surface area contributed by atoms with E-state index < -0.39 is 0 Å². The van der Waals surface area contributed by atoms with E-state index in [2.05, 4.69) is 34.4 Å². The molecule has 276 valence electrons. The Morgan fingerprint density at radius 2 is 1.04 bits per heavy atom. The highest BCUT2D eigenvalue weighted by molar-refractivity contribution is 5.94. The van der Waals surface area contributed by atoms with Gasteiger partial charge in [0.2, 0.25) is 11.8 Å². The van der Waals surface area contributed by atoms with Gasteiger partial charge in [0.05, 0.1) is 11.1 Å². The summed E-state index contributed by atoms with van der Waals surface area (Å²) in [4.78, 5) is 33.1. The summed E-state index contributed by atoms with van der Waals surface area (Å²) in [6.07, 6.45) is 15.4.